The van der Waals surface area contributed by atoms with Gasteiger partial charge in [-0.1, -0.05) is 11.6 Å². The van der Waals surface area contributed by atoms with Crippen LogP contribution >= 0.6 is 11.6 Å². The number of aromatic hydroxyl groups is 1. The summed E-state index contributed by atoms with van der Waals surface area (Å²) in [5.74, 6) is -0.575. The first-order valence-corrected chi connectivity index (χ1v) is 5.06. The number of hydrogen-bond donors (Lipinski definition) is 2. The fraction of sp³-hybridized carbons (Fsp3) is 0.400. The second-order valence-corrected chi connectivity index (χ2v) is 3.80. The van der Waals surface area contributed by atoms with Gasteiger partial charge in [-0.25, -0.2) is 4.39 Å². The summed E-state index contributed by atoms with van der Waals surface area (Å²) >= 11 is 5.67. The van der Waals surface area contributed by atoms with Crippen LogP contribution in [0, 0.1) is 5.82 Å². The number of ether oxygens (including phenoxy) is 1. The van der Waals surface area contributed by atoms with Crippen LogP contribution in [0.4, 0.5) is 4.39 Å². The Labute approximate surface area is 91.8 Å². The van der Waals surface area contributed by atoms with Gasteiger partial charge in [0.15, 0.2) is 0 Å². The van der Waals surface area contributed by atoms with Gasteiger partial charge in [0.05, 0.1) is 17.7 Å². The van der Waals surface area contributed by atoms with Gasteiger partial charge < -0.3 is 15.2 Å². The molecule has 1 aromatic carbocycles. The van der Waals surface area contributed by atoms with Crippen molar-refractivity contribution in [3.63, 3.8) is 0 Å². The number of phenols is 1. The van der Waals surface area contributed by atoms with E-state index in [0.717, 1.165) is 12.6 Å². The predicted octanol–water partition coefficient (Wildman–Crippen LogP) is 1.85. The average molecular weight is 232 g/mol. The van der Waals surface area contributed by atoms with E-state index < -0.39 is 5.82 Å². The monoisotopic (exact) mass is 231 g/mol. The lowest BCUT2D eigenvalue weighted by Crippen LogP contribution is -2.33. The molecule has 1 aromatic rings. The molecule has 1 atom stereocenters. The molecule has 0 amide bonds. The summed E-state index contributed by atoms with van der Waals surface area (Å²) in [5.41, 5.74) is 0.396. The molecule has 1 aliphatic rings. The Bertz CT molecular complexity index is 367. The molecular weight excluding hydrogens is 221 g/mol. The van der Waals surface area contributed by atoms with Gasteiger partial charge in [-0.3, -0.25) is 0 Å². The average Bonchev–Trinajstić information content (AvgIpc) is 2.24. The highest BCUT2D eigenvalue weighted by atomic mass is 35.5. The Morgan fingerprint density at radius 1 is 1.53 bits per heavy atom. The highest BCUT2D eigenvalue weighted by Crippen LogP contribution is 2.34. The number of hydrogen-bond acceptors (Lipinski definition) is 3. The number of phenolic OH excluding ortho intramolecular Hbond substituents is 1. The maximum absolute atomic E-state index is 13.1. The molecule has 0 aliphatic carbocycles. The Kier molecular flexibility index (Phi) is 3.09. The summed E-state index contributed by atoms with van der Waals surface area (Å²) in [6.07, 6.45) is -0.341. The second kappa shape index (κ2) is 4.35. The molecule has 0 radical (unpaired) electrons. The van der Waals surface area contributed by atoms with Crippen molar-refractivity contribution in [1.29, 1.82) is 0 Å². The molecule has 5 heteroatoms. The molecule has 0 aromatic heterocycles. The third-order valence-electron chi connectivity index (χ3n) is 2.33. The van der Waals surface area contributed by atoms with E-state index >= 15 is 0 Å². The zero-order chi connectivity index (χ0) is 10.8. The van der Waals surface area contributed by atoms with Crippen molar-refractivity contribution >= 4 is 11.6 Å². The van der Waals surface area contributed by atoms with Crippen LogP contribution in [0.5, 0.6) is 5.75 Å². The van der Waals surface area contributed by atoms with Gasteiger partial charge in [-0.15, -0.1) is 0 Å². The van der Waals surface area contributed by atoms with E-state index in [2.05, 4.69) is 5.32 Å². The Balaban J connectivity index is 2.33. The highest BCUT2D eigenvalue weighted by Gasteiger charge is 2.21. The fourth-order valence-corrected chi connectivity index (χ4v) is 1.81. The molecule has 82 valence electrons. The van der Waals surface area contributed by atoms with Crippen LogP contribution in [-0.2, 0) is 4.74 Å². The summed E-state index contributed by atoms with van der Waals surface area (Å²) < 4.78 is 18.5. The third kappa shape index (κ3) is 2.22. The topological polar surface area (TPSA) is 41.5 Å². The van der Waals surface area contributed by atoms with Crippen LogP contribution < -0.4 is 5.32 Å². The molecule has 0 bridgehead atoms. The smallest absolute Gasteiger partial charge is 0.140 e. The van der Waals surface area contributed by atoms with Crippen molar-refractivity contribution < 1.29 is 14.2 Å². The van der Waals surface area contributed by atoms with E-state index in [-0.39, 0.29) is 16.9 Å². The standard InChI is InChI=1S/C10H11ClFNO2/c11-8-4-6(12)3-7(10(8)14)9-5-13-1-2-15-9/h3-4,9,13-14H,1-2,5H2. The van der Waals surface area contributed by atoms with Crippen molar-refractivity contribution in [3.05, 3.63) is 28.5 Å². The van der Waals surface area contributed by atoms with Crippen LogP contribution in [0.3, 0.4) is 0 Å². The molecule has 1 aliphatic heterocycles. The molecule has 15 heavy (non-hydrogen) atoms. The van der Waals surface area contributed by atoms with E-state index in [0.29, 0.717) is 18.7 Å². The number of rotatable bonds is 1. The van der Waals surface area contributed by atoms with E-state index in [1.807, 2.05) is 0 Å². The molecule has 1 saturated heterocycles. The summed E-state index contributed by atoms with van der Waals surface area (Å²) in [6, 6.07) is 2.33. The summed E-state index contributed by atoms with van der Waals surface area (Å²) in [5, 5.41) is 12.8. The van der Waals surface area contributed by atoms with E-state index in [1.54, 1.807) is 0 Å². The molecule has 1 fully saturated rings. The minimum Gasteiger partial charge on any atom is -0.506 e. The lowest BCUT2D eigenvalue weighted by Gasteiger charge is -2.24. The van der Waals surface area contributed by atoms with Gasteiger partial charge in [0, 0.05) is 18.7 Å². The maximum Gasteiger partial charge on any atom is 0.140 e. The Morgan fingerprint density at radius 2 is 2.33 bits per heavy atom. The Morgan fingerprint density at radius 3 is 3.00 bits per heavy atom. The van der Waals surface area contributed by atoms with Crippen molar-refractivity contribution in [2.75, 3.05) is 19.7 Å². The number of morpholine rings is 1. The van der Waals surface area contributed by atoms with Gasteiger partial charge in [0.1, 0.15) is 11.6 Å². The molecule has 3 nitrogen and oxygen atoms in total. The summed E-state index contributed by atoms with van der Waals surface area (Å²) in [4.78, 5) is 0. The second-order valence-electron chi connectivity index (χ2n) is 3.39. The first-order valence-electron chi connectivity index (χ1n) is 4.68. The van der Waals surface area contributed by atoms with E-state index in [1.165, 1.54) is 6.07 Å². The van der Waals surface area contributed by atoms with Crippen LogP contribution in [0.1, 0.15) is 11.7 Å². The van der Waals surface area contributed by atoms with E-state index in [9.17, 15) is 9.50 Å². The minimum absolute atomic E-state index is 0.0131. The van der Waals surface area contributed by atoms with Crippen molar-refractivity contribution in [2.45, 2.75) is 6.10 Å². The molecule has 1 unspecified atom stereocenters. The van der Waals surface area contributed by atoms with Gasteiger partial charge in [0.2, 0.25) is 0 Å². The largest absolute Gasteiger partial charge is 0.506 e. The zero-order valence-electron chi connectivity index (χ0n) is 7.96. The van der Waals surface area contributed by atoms with Gasteiger partial charge in [0.25, 0.3) is 0 Å². The summed E-state index contributed by atoms with van der Waals surface area (Å²) in [6.45, 7) is 1.85. The highest BCUT2D eigenvalue weighted by molar-refractivity contribution is 6.32. The van der Waals surface area contributed by atoms with Crippen LogP contribution in [-0.4, -0.2) is 24.8 Å². The lowest BCUT2D eigenvalue weighted by atomic mass is 10.1. The SMILES string of the molecule is Oc1c(Cl)cc(F)cc1C1CNCCO1. The number of nitrogens with one attached hydrogen (secondary N) is 1. The van der Waals surface area contributed by atoms with Gasteiger partial charge >= 0.3 is 0 Å². The third-order valence-corrected chi connectivity index (χ3v) is 2.62. The molecule has 2 N–H and O–H groups in total. The van der Waals surface area contributed by atoms with Crippen LogP contribution in [0.15, 0.2) is 12.1 Å². The molecule has 2 rings (SSSR count). The molecule has 0 saturated carbocycles. The van der Waals surface area contributed by atoms with Gasteiger partial charge in [-0.2, -0.15) is 0 Å². The Hall–Kier alpha value is -0.840. The molecule has 1 heterocycles. The first kappa shape index (κ1) is 10.7. The van der Waals surface area contributed by atoms with Crippen molar-refractivity contribution in [2.24, 2.45) is 0 Å². The normalized spacial score (nSPS) is 21.6. The summed E-state index contributed by atoms with van der Waals surface area (Å²) in [7, 11) is 0. The quantitative estimate of drug-likeness (QED) is 0.775. The van der Waals surface area contributed by atoms with Crippen LogP contribution in [0.2, 0.25) is 5.02 Å². The maximum atomic E-state index is 13.1. The predicted molar refractivity (Wildman–Crippen MR) is 54.6 cm³/mol. The minimum atomic E-state index is -0.470. The lowest BCUT2D eigenvalue weighted by molar-refractivity contribution is 0.0261. The van der Waals surface area contributed by atoms with E-state index in [4.69, 9.17) is 16.3 Å². The fourth-order valence-electron chi connectivity index (χ4n) is 1.60. The number of benzene rings is 1. The zero-order valence-corrected chi connectivity index (χ0v) is 8.72. The van der Waals surface area contributed by atoms with Crippen LogP contribution in [0.25, 0.3) is 0 Å². The van der Waals surface area contributed by atoms with Crippen molar-refractivity contribution in [1.82, 2.24) is 5.32 Å². The van der Waals surface area contributed by atoms with Gasteiger partial charge in [-0.05, 0) is 12.1 Å². The van der Waals surface area contributed by atoms with Crippen molar-refractivity contribution in [3.8, 4) is 5.75 Å². The first-order chi connectivity index (χ1) is 7.18. The molecule has 0 spiro atoms. The number of halogens is 2. The molecular formula is C10H11ClFNO2.